The van der Waals surface area contributed by atoms with Crippen LogP contribution in [0.4, 0.5) is 0 Å². The molecule has 6 heteroatoms. The number of carboxylic acids is 1. The van der Waals surface area contributed by atoms with Gasteiger partial charge in [0.25, 0.3) is 0 Å². The number of carbonyl (C=O) groups is 1. The highest BCUT2D eigenvalue weighted by atomic mass is 16.4. The Morgan fingerprint density at radius 1 is 1.71 bits per heavy atom. The number of nitrogens with zero attached hydrogens (tertiary/aromatic N) is 3. The first kappa shape index (κ1) is 10.6. The highest BCUT2D eigenvalue weighted by molar-refractivity contribution is 5.76. The minimum absolute atomic E-state index is 0.0455. The zero-order valence-corrected chi connectivity index (χ0v) is 8.14. The molecule has 78 valence electrons. The van der Waals surface area contributed by atoms with Gasteiger partial charge >= 0.3 is 5.97 Å². The van der Waals surface area contributed by atoms with Gasteiger partial charge in [0.1, 0.15) is 12.2 Å². The molecule has 0 aliphatic rings. The van der Waals surface area contributed by atoms with Crippen LogP contribution in [0, 0.1) is 0 Å². The molecule has 6 nitrogen and oxygen atoms in total. The van der Waals surface area contributed by atoms with Gasteiger partial charge in [-0.25, -0.2) is 9.78 Å². The first-order valence-corrected chi connectivity index (χ1v) is 4.30. The Morgan fingerprint density at radius 2 is 2.36 bits per heavy atom. The van der Waals surface area contributed by atoms with Gasteiger partial charge < -0.3 is 10.2 Å². The van der Waals surface area contributed by atoms with Crippen molar-refractivity contribution in [3.05, 3.63) is 12.2 Å². The highest BCUT2D eigenvalue weighted by Crippen LogP contribution is 2.11. The normalized spacial score (nSPS) is 15.1. The third-order valence-electron chi connectivity index (χ3n) is 1.96. The molecule has 0 amide bonds. The number of aliphatic carboxylic acids is 1. The zero-order valence-electron chi connectivity index (χ0n) is 8.14. The highest BCUT2D eigenvalue weighted by Gasteiger charge is 2.31. The van der Waals surface area contributed by atoms with Crippen molar-refractivity contribution in [3.8, 4) is 0 Å². The van der Waals surface area contributed by atoms with Crippen LogP contribution >= 0.6 is 0 Å². The van der Waals surface area contributed by atoms with Crippen LogP contribution in [0.15, 0.2) is 6.33 Å². The Kier molecular flexibility index (Phi) is 2.85. The second kappa shape index (κ2) is 3.75. The number of carboxylic acid groups (broad SMARTS) is 1. The van der Waals surface area contributed by atoms with E-state index in [1.165, 1.54) is 13.3 Å². The first-order chi connectivity index (χ1) is 6.47. The van der Waals surface area contributed by atoms with Gasteiger partial charge in [0.15, 0.2) is 5.60 Å². The molecule has 0 aromatic carbocycles. The van der Waals surface area contributed by atoms with E-state index in [4.69, 9.17) is 5.11 Å². The minimum Gasteiger partial charge on any atom is -0.479 e. The van der Waals surface area contributed by atoms with Crippen LogP contribution in [0.1, 0.15) is 19.7 Å². The molecule has 0 bridgehead atoms. The molecule has 0 spiro atoms. The fraction of sp³-hybridized carbons (Fsp3) is 0.625. The maximum absolute atomic E-state index is 10.6. The molecule has 1 aromatic rings. The lowest BCUT2D eigenvalue weighted by Crippen LogP contribution is -2.38. The molecule has 0 aliphatic heterocycles. The van der Waals surface area contributed by atoms with Gasteiger partial charge in [-0.15, -0.1) is 0 Å². The molecular weight excluding hydrogens is 186 g/mol. The average Bonchev–Trinajstić information content (AvgIpc) is 2.50. The summed E-state index contributed by atoms with van der Waals surface area (Å²) in [6.45, 7) is 3.71. The molecule has 0 saturated heterocycles. The second-order valence-electron chi connectivity index (χ2n) is 3.25. The van der Waals surface area contributed by atoms with Crippen LogP contribution < -0.4 is 0 Å². The maximum atomic E-state index is 10.6. The first-order valence-electron chi connectivity index (χ1n) is 4.30. The zero-order chi connectivity index (χ0) is 10.8. The van der Waals surface area contributed by atoms with Crippen molar-refractivity contribution < 1.29 is 15.0 Å². The van der Waals surface area contributed by atoms with E-state index in [2.05, 4.69) is 10.1 Å². The Hall–Kier alpha value is -1.43. The number of aryl methyl sites for hydroxylation is 1. The summed E-state index contributed by atoms with van der Waals surface area (Å²) in [6.07, 6.45) is 1.30. The van der Waals surface area contributed by atoms with Crippen molar-refractivity contribution in [3.63, 3.8) is 0 Å². The van der Waals surface area contributed by atoms with E-state index in [9.17, 15) is 9.90 Å². The third-order valence-corrected chi connectivity index (χ3v) is 1.96. The molecule has 1 rings (SSSR count). The molecule has 1 atom stereocenters. The smallest absolute Gasteiger partial charge is 0.335 e. The van der Waals surface area contributed by atoms with E-state index in [0.717, 1.165) is 0 Å². The summed E-state index contributed by atoms with van der Waals surface area (Å²) in [5.74, 6) is -0.789. The summed E-state index contributed by atoms with van der Waals surface area (Å²) in [6, 6.07) is 0. The summed E-state index contributed by atoms with van der Waals surface area (Å²) in [4.78, 5) is 14.5. The van der Waals surface area contributed by atoms with E-state index >= 15 is 0 Å². The van der Waals surface area contributed by atoms with E-state index in [1.807, 2.05) is 6.92 Å². The van der Waals surface area contributed by atoms with Crippen LogP contribution in [-0.2, 0) is 17.8 Å². The molecule has 1 aromatic heterocycles. The SMILES string of the molecule is CCn1ncnc1CC(C)(O)C(=O)O. The summed E-state index contributed by atoms with van der Waals surface area (Å²) in [5.41, 5.74) is -1.79. The Bertz CT molecular complexity index is 332. The van der Waals surface area contributed by atoms with Crippen molar-refractivity contribution in [2.75, 3.05) is 0 Å². The molecule has 0 radical (unpaired) electrons. The van der Waals surface area contributed by atoms with Gasteiger partial charge in [0.2, 0.25) is 0 Å². The van der Waals surface area contributed by atoms with Gasteiger partial charge in [-0.05, 0) is 13.8 Å². The molecule has 0 aliphatic carbocycles. The number of rotatable bonds is 4. The lowest BCUT2D eigenvalue weighted by atomic mass is 10.0. The van der Waals surface area contributed by atoms with E-state index in [1.54, 1.807) is 4.68 Å². The van der Waals surface area contributed by atoms with Crippen LogP contribution in [0.25, 0.3) is 0 Å². The Morgan fingerprint density at radius 3 is 2.86 bits per heavy atom. The van der Waals surface area contributed by atoms with Crippen molar-refractivity contribution in [2.45, 2.75) is 32.4 Å². The van der Waals surface area contributed by atoms with Gasteiger partial charge in [0.05, 0.1) is 0 Å². The average molecular weight is 199 g/mol. The largest absolute Gasteiger partial charge is 0.479 e. The summed E-state index contributed by atoms with van der Waals surface area (Å²) < 4.78 is 1.55. The lowest BCUT2D eigenvalue weighted by molar-refractivity contribution is -0.156. The van der Waals surface area contributed by atoms with Crippen LogP contribution in [0.3, 0.4) is 0 Å². The van der Waals surface area contributed by atoms with Crippen molar-refractivity contribution in [2.24, 2.45) is 0 Å². The standard InChI is InChI=1S/C8H13N3O3/c1-3-11-6(9-5-10-11)4-8(2,14)7(12)13/h5,14H,3-4H2,1-2H3,(H,12,13). The monoisotopic (exact) mass is 199 g/mol. The van der Waals surface area contributed by atoms with Crippen molar-refractivity contribution >= 4 is 5.97 Å². The summed E-state index contributed by atoms with van der Waals surface area (Å²) in [7, 11) is 0. The van der Waals surface area contributed by atoms with Crippen LogP contribution in [0.5, 0.6) is 0 Å². The number of aliphatic hydroxyl groups is 1. The van der Waals surface area contributed by atoms with E-state index in [-0.39, 0.29) is 6.42 Å². The Balaban J connectivity index is 2.83. The van der Waals surface area contributed by atoms with Crippen molar-refractivity contribution in [1.82, 2.24) is 14.8 Å². The Labute approximate surface area is 81.2 Å². The molecule has 14 heavy (non-hydrogen) atoms. The van der Waals surface area contributed by atoms with Crippen molar-refractivity contribution in [1.29, 1.82) is 0 Å². The predicted molar refractivity (Wildman–Crippen MR) is 47.7 cm³/mol. The third kappa shape index (κ3) is 2.08. The topological polar surface area (TPSA) is 88.2 Å². The molecule has 1 heterocycles. The van der Waals surface area contributed by atoms with E-state index < -0.39 is 11.6 Å². The van der Waals surface area contributed by atoms with Gasteiger partial charge in [0, 0.05) is 13.0 Å². The minimum atomic E-state index is -1.79. The number of hydrogen-bond donors (Lipinski definition) is 2. The second-order valence-corrected chi connectivity index (χ2v) is 3.25. The maximum Gasteiger partial charge on any atom is 0.335 e. The van der Waals surface area contributed by atoms with Gasteiger partial charge in [-0.3, -0.25) is 4.68 Å². The quantitative estimate of drug-likeness (QED) is 0.693. The molecule has 2 N–H and O–H groups in total. The summed E-state index contributed by atoms with van der Waals surface area (Å²) in [5, 5.41) is 22.1. The fourth-order valence-corrected chi connectivity index (χ4v) is 1.07. The van der Waals surface area contributed by atoms with Gasteiger partial charge in [-0.1, -0.05) is 0 Å². The fourth-order valence-electron chi connectivity index (χ4n) is 1.07. The van der Waals surface area contributed by atoms with Gasteiger partial charge in [-0.2, -0.15) is 5.10 Å². The predicted octanol–water partition coefficient (Wildman–Crippen LogP) is -0.324. The summed E-state index contributed by atoms with van der Waals surface area (Å²) >= 11 is 0. The molecular formula is C8H13N3O3. The number of hydrogen-bond acceptors (Lipinski definition) is 4. The molecule has 0 fully saturated rings. The van der Waals surface area contributed by atoms with E-state index in [0.29, 0.717) is 12.4 Å². The number of aromatic nitrogens is 3. The van der Waals surface area contributed by atoms with Crippen LogP contribution in [0.2, 0.25) is 0 Å². The molecule has 1 unspecified atom stereocenters. The molecule has 0 saturated carbocycles. The van der Waals surface area contributed by atoms with Crippen LogP contribution in [-0.4, -0.2) is 36.5 Å². The lowest BCUT2D eigenvalue weighted by Gasteiger charge is -2.16.